The molecule has 0 aliphatic carbocycles. The van der Waals surface area contributed by atoms with E-state index in [0.717, 1.165) is 33.7 Å². The van der Waals surface area contributed by atoms with Crippen molar-refractivity contribution in [3.05, 3.63) is 42.0 Å². The fourth-order valence-electron chi connectivity index (χ4n) is 2.10. The van der Waals surface area contributed by atoms with Gasteiger partial charge in [0.1, 0.15) is 17.3 Å². The fraction of sp³-hybridized carbons (Fsp3) is 0.133. The highest BCUT2D eigenvalue weighted by Gasteiger charge is 2.08. The summed E-state index contributed by atoms with van der Waals surface area (Å²) in [7, 11) is 1.66. The molecule has 2 aromatic carbocycles. The lowest BCUT2D eigenvalue weighted by atomic mass is 10.1. The first-order valence-corrected chi connectivity index (χ1v) is 6.01. The number of ether oxygens (including phenoxy) is 1. The number of fused-ring (bicyclic) bond motifs is 1. The highest BCUT2D eigenvalue weighted by molar-refractivity contribution is 5.80. The Bertz CT molecular complexity index is 747. The quantitative estimate of drug-likeness (QED) is 0.738. The van der Waals surface area contributed by atoms with E-state index in [1.165, 1.54) is 0 Å². The summed E-state index contributed by atoms with van der Waals surface area (Å²) in [6, 6.07) is 11.0. The molecular weight excluding hydrogens is 240 g/mol. The lowest BCUT2D eigenvalue weighted by Gasteiger charge is -2.05. The molecule has 0 aliphatic rings. The average Bonchev–Trinajstić information content (AvgIpc) is 2.82. The van der Waals surface area contributed by atoms with Gasteiger partial charge in [-0.2, -0.15) is 0 Å². The fourth-order valence-corrected chi connectivity index (χ4v) is 2.10. The van der Waals surface area contributed by atoms with Crippen LogP contribution < -0.4 is 4.74 Å². The Balaban J connectivity index is 2.13. The molecule has 0 bridgehead atoms. The van der Waals surface area contributed by atoms with E-state index in [1.807, 2.05) is 25.1 Å². The molecule has 0 atom stereocenters. The van der Waals surface area contributed by atoms with Gasteiger partial charge in [-0.15, -0.1) is 0 Å². The van der Waals surface area contributed by atoms with Crippen LogP contribution in [0.5, 0.6) is 11.5 Å². The van der Waals surface area contributed by atoms with Crippen molar-refractivity contribution in [2.24, 2.45) is 0 Å². The van der Waals surface area contributed by atoms with Crippen LogP contribution in [0, 0.1) is 6.92 Å². The molecule has 0 fully saturated rings. The van der Waals surface area contributed by atoms with Crippen LogP contribution in [0.4, 0.5) is 0 Å². The zero-order chi connectivity index (χ0) is 13.4. The number of rotatable bonds is 2. The van der Waals surface area contributed by atoms with Crippen molar-refractivity contribution in [2.45, 2.75) is 6.92 Å². The van der Waals surface area contributed by atoms with Crippen molar-refractivity contribution in [1.82, 2.24) is 9.97 Å². The lowest BCUT2D eigenvalue weighted by Crippen LogP contribution is -1.88. The highest BCUT2D eigenvalue weighted by atomic mass is 16.5. The third-order valence-electron chi connectivity index (χ3n) is 3.15. The van der Waals surface area contributed by atoms with Crippen LogP contribution in [0.3, 0.4) is 0 Å². The summed E-state index contributed by atoms with van der Waals surface area (Å²) < 4.78 is 5.32. The van der Waals surface area contributed by atoms with Gasteiger partial charge in [0.2, 0.25) is 0 Å². The first-order chi connectivity index (χ1) is 9.17. The zero-order valence-corrected chi connectivity index (χ0v) is 10.8. The van der Waals surface area contributed by atoms with Crippen molar-refractivity contribution in [3.63, 3.8) is 0 Å². The minimum atomic E-state index is 0.226. The van der Waals surface area contributed by atoms with Gasteiger partial charge in [0.25, 0.3) is 0 Å². The number of aromatic amines is 1. The Morgan fingerprint density at radius 3 is 2.79 bits per heavy atom. The van der Waals surface area contributed by atoms with Gasteiger partial charge in [-0.25, -0.2) is 4.98 Å². The molecule has 3 rings (SSSR count). The SMILES string of the molecule is COc1cc(-c2nc3ccc(O)cc3[nH]2)ccc1C. The molecule has 96 valence electrons. The number of H-pyrrole nitrogens is 1. The van der Waals surface area contributed by atoms with E-state index in [9.17, 15) is 5.11 Å². The van der Waals surface area contributed by atoms with Crippen molar-refractivity contribution in [1.29, 1.82) is 0 Å². The Morgan fingerprint density at radius 1 is 1.16 bits per heavy atom. The van der Waals surface area contributed by atoms with Gasteiger partial charge in [0, 0.05) is 11.6 Å². The molecule has 0 saturated carbocycles. The van der Waals surface area contributed by atoms with Crippen molar-refractivity contribution >= 4 is 11.0 Å². The van der Waals surface area contributed by atoms with Crippen LogP contribution in [-0.4, -0.2) is 22.2 Å². The molecule has 2 N–H and O–H groups in total. The van der Waals surface area contributed by atoms with Crippen LogP contribution in [-0.2, 0) is 0 Å². The number of nitrogens with one attached hydrogen (secondary N) is 1. The molecule has 1 aromatic heterocycles. The molecule has 0 aliphatic heterocycles. The third-order valence-corrected chi connectivity index (χ3v) is 3.15. The number of benzene rings is 2. The van der Waals surface area contributed by atoms with Crippen molar-refractivity contribution < 1.29 is 9.84 Å². The van der Waals surface area contributed by atoms with Crippen molar-refractivity contribution in [3.8, 4) is 22.9 Å². The van der Waals surface area contributed by atoms with Gasteiger partial charge in [0.05, 0.1) is 18.1 Å². The average molecular weight is 254 g/mol. The van der Waals surface area contributed by atoms with Crippen LogP contribution in [0.1, 0.15) is 5.56 Å². The molecule has 0 radical (unpaired) electrons. The topological polar surface area (TPSA) is 58.1 Å². The summed E-state index contributed by atoms with van der Waals surface area (Å²) in [5.41, 5.74) is 3.68. The van der Waals surface area contributed by atoms with E-state index < -0.39 is 0 Å². The molecule has 19 heavy (non-hydrogen) atoms. The monoisotopic (exact) mass is 254 g/mol. The third kappa shape index (κ3) is 2.01. The second-order valence-corrected chi connectivity index (χ2v) is 4.47. The number of aromatic hydroxyl groups is 1. The number of aromatic nitrogens is 2. The van der Waals surface area contributed by atoms with Crippen LogP contribution >= 0.6 is 0 Å². The Kier molecular flexibility index (Phi) is 2.63. The van der Waals surface area contributed by atoms with Crippen LogP contribution in [0.2, 0.25) is 0 Å². The minimum Gasteiger partial charge on any atom is -0.508 e. The molecule has 0 spiro atoms. The summed E-state index contributed by atoms with van der Waals surface area (Å²) in [5, 5.41) is 9.46. The predicted molar refractivity (Wildman–Crippen MR) is 74.5 cm³/mol. The van der Waals surface area contributed by atoms with Gasteiger partial charge in [-0.1, -0.05) is 12.1 Å². The molecular formula is C15H14N2O2. The van der Waals surface area contributed by atoms with E-state index >= 15 is 0 Å². The van der Waals surface area contributed by atoms with Crippen LogP contribution in [0.25, 0.3) is 22.4 Å². The smallest absolute Gasteiger partial charge is 0.138 e. The lowest BCUT2D eigenvalue weighted by molar-refractivity contribution is 0.412. The maximum Gasteiger partial charge on any atom is 0.138 e. The van der Waals surface area contributed by atoms with Gasteiger partial charge in [-0.3, -0.25) is 0 Å². The maximum absolute atomic E-state index is 9.46. The number of nitrogens with zero attached hydrogens (tertiary/aromatic N) is 1. The molecule has 0 unspecified atom stereocenters. The van der Waals surface area contributed by atoms with Crippen LogP contribution in [0.15, 0.2) is 36.4 Å². The second-order valence-electron chi connectivity index (χ2n) is 4.47. The van der Waals surface area contributed by atoms with E-state index in [1.54, 1.807) is 25.3 Å². The highest BCUT2D eigenvalue weighted by Crippen LogP contribution is 2.27. The maximum atomic E-state index is 9.46. The number of hydrogen-bond acceptors (Lipinski definition) is 3. The summed E-state index contributed by atoms with van der Waals surface area (Å²) in [6.07, 6.45) is 0. The summed E-state index contributed by atoms with van der Waals surface area (Å²) >= 11 is 0. The normalized spacial score (nSPS) is 10.8. The summed E-state index contributed by atoms with van der Waals surface area (Å²) in [4.78, 5) is 7.70. The Labute approximate surface area is 110 Å². The molecule has 0 amide bonds. The molecule has 1 heterocycles. The number of hydrogen-bond donors (Lipinski definition) is 2. The summed E-state index contributed by atoms with van der Waals surface area (Å²) in [6.45, 7) is 2.00. The first-order valence-electron chi connectivity index (χ1n) is 6.01. The van der Waals surface area contributed by atoms with Crippen molar-refractivity contribution in [2.75, 3.05) is 7.11 Å². The second kappa shape index (κ2) is 4.31. The Hall–Kier alpha value is -2.49. The van der Waals surface area contributed by atoms with E-state index in [2.05, 4.69) is 9.97 Å². The largest absolute Gasteiger partial charge is 0.508 e. The number of methoxy groups -OCH3 is 1. The number of phenolic OH excluding ortho intramolecular Hbond substituents is 1. The van der Waals surface area contributed by atoms with Gasteiger partial charge in [0.15, 0.2) is 0 Å². The molecule has 4 nitrogen and oxygen atoms in total. The standard InChI is InChI=1S/C15H14N2O2/c1-9-3-4-10(7-14(9)19-2)15-16-12-6-5-11(18)8-13(12)17-15/h3-8,18H,1-2H3,(H,16,17). The number of aryl methyl sites for hydroxylation is 1. The first kappa shape index (κ1) is 11.6. The van der Waals surface area contributed by atoms with E-state index in [4.69, 9.17) is 4.74 Å². The number of imidazole rings is 1. The molecule has 3 aromatic rings. The van der Waals surface area contributed by atoms with E-state index in [-0.39, 0.29) is 5.75 Å². The van der Waals surface area contributed by atoms with Gasteiger partial charge in [-0.05, 0) is 30.7 Å². The number of phenols is 1. The molecule has 0 saturated heterocycles. The zero-order valence-electron chi connectivity index (χ0n) is 10.8. The Morgan fingerprint density at radius 2 is 2.00 bits per heavy atom. The molecule has 4 heteroatoms. The summed E-state index contributed by atoms with van der Waals surface area (Å²) in [5.74, 6) is 1.82. The minimum absolute atomic E-state index is 0.226. The van der Waals surface area contributed by atoms with E-state index in [0.29, 0.717) is 0 Å². The van der Waals surface area contributed by atoms with Gasteiger partial charge >= 0.3 is 0 Å². The predicted octanol–water partition coefficient (Wildman–Crippen LogP) is 3.25. The van der Waals surface area contributed by atoms with Gasteiger partial charge < -0.3 is 14.8 Å².